The molecule has 0 unspecified atom stereocenters. The van der Waals surface area contributed by atoms with Crippen LogP contribution in [0.5, 0.6) is 11.5 Å². The third-order valence-electron chi connectivity index (χ3n) is 4.87. The summed E-state index contributed by atoms with van der Waals surface area (Å²) in [6.45, 7) is 7.09. The first-order chi connectivity index (χ1) is 15.6. The van der Waals surface area contributed by atoms with Gasteiger partial charge in [-0.15, -0.1) is 11.3 Å². The molecular formula is C24H31N3O5S. The van der Waals surface area contributed by atoms with Gasteiger partial charge in [0.15, 0.2) is 11.5 Å². The summed E-state index contributed by atoms with van der Waals surface area (Å²) in [4.78, 5) is 25.5. The van der Waals surface area contributed by atoms with Crippen LogP contribution < -0.4 is 25.7 Å². The number of ether oxygens (including phenoxy) is 3. The number of aromatic nitrogens is 1. The summed E-state index contributed by atoms with van der Waals surface area (Å²) in [6.07, 6.45) is 1.42. The van der Waals surface area contributed by atoms with E-state index in [0.717, 1.165) is 20.7 Å². The monoisotopic (exact) mass is 473 g/mol. The van der Waals surface area contributed by atoms with E-state index in [1.165, 1.54) is 0 Å². The van der Waals surface area contributed by atoms with E-state index in [0.29, 0.717) is 36.5 Å². The highest BCUT2D eigenvalue weighted by molar-refractivity contribution is 7.19. The van der Waals surface area contributed by atoms with Crippen LogP contribution in [0.1, 0.15) is 25.6 Å². The molecule has 3 rings (SSSR count). The number of rotatable bonds is 8. The molecule has 178 valence electrons. The molecule has 2 N–H and O–H groups in total. The number of aryl methyl sites for hydroxylation is 1. The summed E-state index contributed by atoms with van der Waals surface area (Å²) in [5.74, 6) is 1.28. The van der Waals surface area contributed by atoms with Crippen LogP contribution in [-0.4, -0.2) is 43.6 Å². The number of carbonyl (C=O) groups is 1. The van der Waals surface area contributed by atoms with Crippen molar-refractivity contribution in [1.82, 2.24) is 15.2 Å². The SMILES string of the molecule is COc1ccc(-c2cn(C)c(=O)c3cc(CNCCNC(=O)OC(C)(C)C)sc23)cc1OC. The number of fused-ring (bicyclic) bond motifs is 1. The van der Waals surface area contributed by atoms with Gasteiger partial charge in [-0.1, -0.05) is 6.07 Å². The number of nitrogens with zero attached hydrogens (tertiary/aromatic N) is 1. The summed E-state index contributed by atoms with van der Waals surface area (Å²) in [5.41, 5.74) is 1.34. The zero-order valence-corrected chi connectivity index (χ0v) is 20.7. The summed E-state index contributed by atoms with van der Waals surface area (Å²) in [7, 11) is 4.96. The van der Waals surface area contributed by atoms with Gasteiger partial charge in [-0.2, -0.15) is 0 Å². The molecule has 8 nitrogen and oxygen atoms in total. The fourth-order valence-corrected chi connectivity index (χ4v) is 4.53. The lowest BCUT2D eigenvalue weighted by atomic mass is 10.1. The predicted octanol–water partition coefficient (Wildman–Crippen LogP) is 3.90. The molecular weight excluding hydrogens is 442 g/mol. The van der Waals surface area contributed by atoms with Crippen molar-refractivity contribution in [3.63, 3.8) is 0 Å². The summed E-state index contributed by atoms with van der Waals surface area (Å²) >= 11 is 1.58. The smallest absolute Gasteiger partial charge is 0.407 e. The second-order valence-electron chi connectivity index (χ2n) is 8.59. The van der Waals surface area contributed by atoms with Crippen LogP contribution in [0.15, 0.2) is 35.3 Å². The largest absolute Gasteiger partial charge is 0.493 e. The van der Waals surface area contributed by atoms with Crippen LogP contribution in [0.3, 0.4) is 0 Å². The van der Waals surface area contributed by atoms with Crippen molar-refractivity contribution < 1.29 is 19.0 Å². The average Bonchev–Trinajstić information content (AvgIpc) is 3.18. The Labute approximate surface area is 197 Å². The predicted molar refractivity (Wildman–Crippen MR) is 132 cm³/mol. The molecule has 1 aromatic carbocycles. The van der Waals surface area contributed by atoms with Gasteiger partial charge in [-0.3, -0.25) is 4.79 Å². The molecule has 9 heteroatoms. The van der Waals surface area contributed by atoms with Gasteiger partial charge in [0.2, 0.25) is 0 Å². The lowest BCUT2D eigenvalue weighted by Crippen LogP contribution is -2.36. The maximum atomic E-state index is 12.8. The van der Waals surface area contributed by atoms with Crippen LogP contribution in [0.4, 0.5) is 4.79 Å². The maximum Gasteiger partial charge on any atom is 0.407 e. The number of thiophene rings is 1. The number of pyridine rings is 1. The van der Waals surface area contributed by atoms with Crippen molar-refractivity contribution in [3.05, 3.63) is 45.7 Å². The first-order valence-electron chi connectivity index (χ1n) is 10.6. The Bertz CT molecular complexity index is 1190. The van der Waals surface area contributed by atoms with Gasteiger partial charge in [0, 0.05) is 48.0 Å². The first kappa shape index (κ1) is 24.6. The van der Waals surface area contributed by atoms with E-state index in [1.807, 2.05) is 51.2 Å². The Kier molecular flexibility index (Phi) is 7.65. The third-order valence-corrected chi connectivity index (χ3v) is 6.03. The van der Waals surface area contributed by atoms with Crippen LogP contribution in [0.25, 0.3) is 21.2 Å². The number of amides is 1. The minimum Gasteiger partial charge on any atom is -0.493 e. The lowest BCUT2D eigenvalue weighted by molar-refractivity contribution is 0.0528. The minimum absolute atomic E-state index is 0.0386. The van der Waals surface area contributed by atoms with Gasteiger partial charge in [0.05, 0.1) is 19.6 Å². The van der Waals surface area contributed by atoms with E-state index in [2.05, 4.69) is 10.6 Å². The van der Waals surface area contributed by atoms with Gasteiger partial charge >= 0.3 is 6.09 Å². The first-order valence-corrected chi connectivity index (χ1v) is 11.5. The molecule has 0 aliphatic heterocycles. The topological polar surface area (TPSA) is 90.8 Å². The van der Waals surface area contributed by atoms with Crippen molar-refractivity contribution in [2.24, 2.45) is 7.05 Å². The highest BCUT2D eigenvalue weighted by Gasteiger charge is 2.16. The van der Waals surface area contributed by atoms with Crippen molar-refractivity contribution in [2.45, 2.75) is 32.9 Å². The van der Waals surface area contributed by atoms with E-state index >= 15 is 0 Å². The van der Waals surface area contributed by atoms with E-state index in [4.69, 9.17) is 14.2 Å². The molecule has 0 radical (unpaired) electrons. The van der Waals surface area contributed by atoms with Crippen molar-refractivity contribution >= 4 is 27.5 Å². The molecule has 0 fully saturated rings. The number of hydrogen-bond acceptors (Lipinski definition) is 7. The number of carbonyl (C=O) groups excluding carboxylic acids is 1. The van der Waals surface area contributed by atoms with E-state index in [-0.39, 0.29) is 5.56 Å². The van der Waals surface area contributed by atoms with Crippen LogP contribution in [0, 0.1) is 0 Å². The standard InChI is InChI=1S/C24H31N3O5S/c1-24(2,3)32-23(29)26-10-9-25-13-16-12-17-21(33-16)18(14-27(4)22(17)28)15-7-8-19(30-5)20(11-15)31-6/h7-8,11-12,14,25H,9-10,13H2,1-6H3,(H,26,29). The molecule has 0 atom stereocenters. The van der Waals surface area contributed by atoms with Gasteiger partial charge in [0.25, 0.3) is 5.56 Å². The number of hydrogen-bond donors (Lipinski definition) is 2. The highest BCUT2D eigenvalue weighted by atomic mass is 32.1. The molecule has 2 aromatic heterocycles. The van der Waals surface area contributed by atoms with E-state index in [1.54, 1.807) is 37.2 Å². The molecule has 2 heterocycles. The Hall–Kier alpha value is -3.04. The molecule has 1 amide bonds. The number of benzene rings is 1. The lowest BCUT2D eigenvalue weighted by Gasteiger charge is -2.19. The second kappa shape index (κ2) is 10.3. The molecule has 33 heavy (non-hydrogen) atoms. The van der Waals surface area contributed by atoms with Crippen LogP contribution >= 0.6 is 11.3 Å². The molecule has 0 bridgehead atoms. The van der Waals surface area contributed by atoms with Gasteiger partial charge in [-0.25, -0.2) is 4.79 Å². The Morgan fingerprint density at radius 1 is 1.09 bits per heavy atom. The zero-order chi connectivity index (χ0) is 24.2. The zero-order valence-electron chi connectivity index (χ0n) is 19.9. The normalized spacial score (nSPS) is 11.5. The Balaban J connectivity index is 1.76. The summed E-state index contributed by atoms with van der Waals surface area (Å²) in [5, 5.41) is 6.71. The fraction of sp³-hybridized carbons (Fsp3) is 0.417. The molecule has 0 aliphatic rings. The minimum atomic E-state index is -0.521. The highest BCUT2D eigenvalue weighted by Crippen LogP contribution is 2.37. The number of alkyl carbamates (subject to hydrolysis) is 1. The summed E-state index contributed by atoms with van der Waals surface area (Å²) in [6, 6.07) is 7.67. The Morgan fingerprint density at radius 3 is 2.48 bits per heavy atom. The van der Waals surface area contributed by atoms with Crippen molar-refractivity contribution in [3.8, 4) is 22.6 Å². The third kappa shape index (κ3) is 6.06. The Morgan fingerprint density at radius 2 is 1.82 bits per heavy atom. The fourth-order valence-electron chi connectivity index (χ4n) is 3.38. The van der Waals surface area contributed by atoms with Crippen molar-refractivity contribution in [2.75, 3.05) is 27.3 Å². The summed E-state index contributed by atoms with van der Waals surface area (Å²) < 4.78 is 18.5. The molecule has 0 spiro atoms. The van der Waals surface area contributed by atoms with Gasteiger partial charge < -0.3 is 29.4 Å². The average molecular weight is 474 g/mol. The number of nitrogens with one attached hydrogen (secondary N) is 2. The maximum absolute atomic E-state index is 12.8. The quantitative estimate of drug-likeness (QED) is 0.482. The van der Waals surface area contributed by atoms with Crippen LogP contribution in [0.2, 0.25) is 0 Å². The molecule has 3 aromatic rings. The second-order valence-corrected chi connectivity index (χ2v) is 9.73. The van der Waals surface area contributed by atoms with Gasteiger partial charge in [-0.05, 0) is 44.5 Å². The van der Waals surface area contributed by atoms with Crippen LogP contribution in [-0.2, 0) is 18.3 Å². The van der Waals surface area contributed by atoms with Gasteiger partial charge in [0.1, 0.15) is 5.60 Å². The van der Waals surface area contributed by atoms with E-state index in [9.17, 15) is 9.59 Å². The number of methoxy groups -OCH3 is 2. The van der Waals surface area contributed by atoms with Crippen molar-refractivity contribution in [1.29, 1.82) is 0 Å². The molecule has 0 saturated carbocycles. The molecule has 0 aliphatic carbocycles. The molecule has 0 saturated heterocycles. The van der Waals surface area contributed by atoms with E-state index < -0.39 is 11.7 Å².